The number of thioether (sulfide) groups is 1. The van der Waals surface area contributed by atoms with Crippen LogP contribution >= 0.6 is 24.4 Å². The molecule has 20 atom stereocenters. The molecule has 37 nitrogen and oxygen atoms in total. The zero-order valence-electron chi connectivity index (χ0n) is 71.5. The third-order valence-corrected chi connectivity index (χ3v) is 25.7. The molecule has 0 bridgehead atoms. The standard InChI is InChI=1S/C82H129N19O18S2/c1-42(2)27-58(76(115)95-57(24-26-121-12)80(119)101(41-90-46(7)103)69(110)22-17-44(5)52-18-19-53-70-54(32-64(105)82(52,53)9)81(8)25-23-49(83)29-48(81)30-63(70)104)96-77(116)60(31-50-34-85-40-89-50)93-67(108)36-88-79(118)71(43(3)4)99-72(111)45(6)91-75(114)59(28-47-33-86-55-16-14-13-15-51(47)55)97-74(113)56(20-21-65(84)106)92-66(107)35-87-73(112)62(39-120)98-78(117)61(38-102)94-68(109)37-100(10)11/h13-16,33-34,40,42-45,48-49,52-54,56-64,70-71,86,102,104-105,120H,17-32,35-39,41,83H2,1-12H3,(H2,84,106)(H,85,89)(H,87,112)(H,88,118)(H,90,103)(H,91,114)(H,92,107)(H,93,108)(H,94,109)(H,95,115)(H,96,116)(H,97,113)(H,98,117)(H,99,111)/t44-,45+,48-,49+,52-,53?,54?,56+,57+,58+,59+,60+,61+,62+,63-,64+,70?,71+,81+,82-/m1/s1. The van der Waals surface area contributed by atoms with Crippen molar-refractivity contribution >= 4 is 124 Å². The molecule has 4 aliphatic rings. The van der Waals surface area contributed by atoms with E-state index in [2.05, 4.69) is 112 Å². The molecule has 1 aromatic carbocycles. The number of benzene rings is 1. The Morgan fingerprint density at radius 2 is 1.26 bits per heavy atom. The van der Waals surface area contributed by atoms with E-state index < -0.39 is 206 Å². The van der Waals surface area contributed by atoms with Crippen molar-refractivity contribution in [2.45, 2.75) is 231 Å². The zero-order valence-corrected chi connectivity index (χ0v) is 73.2. The maximum atomic E-state index is 14.9. The lowest BCUT2D eigenvalue weighted by Gasteiger charge is -2.63. The van der Waals surface area contributed by atoms with Crippen LogP contribution < -0.4 is 75.3 Å². The van der Waals surface area contributed by atoms with Crippen LogP contribution in [0.15, 0.2) is 43.0 Å². The monoisotopic (exact) mass is 1730 g/mol. The van der Waals surface area contributed by atoms with Gasteiger partial charge < -0.3 is 105 Å². The van der Waals surface area contributed by atoms with E-state index in [1.165, 1.54) is 43.0 Å². The van der Waals surface area contributed by atoms with Gasteiger partial charge in [0, 0.05) is 67.7 Å². The predicted molar refractivity (Wildman–Crippen MR) is 453 cm³/mol. The number of thiol groups is 1. The fourth-order valence-corrected chi connectivity index (χ4v) is 18.8. The predicted octanol–water partition coefficient (Wildman–Crippen LogP) is -1.71. The number of amides is 15. The fourth-order valence-electron chi connectivity index (χ4n) is 18.1. The van der Waals surface area contributed by atoms with Crippen LogP contribution in [0.5, 0.6) is 0 Å². The molecule has 39 heteroatoms. The topological polar surface area (TPSA) is 564 Å². The van der Waals surface area contributed by atoms with Crippen molar-refractivity contribution in [3.05, 3.63) is 54.2 Å². The Morgan fingerprint density at radius 1 is 0.653 bits per heavy atom. The molecule has 0 aliphatic heterocycles. The second-order valence-corrected chi connectivity index (χ2v) is 35.9. The summed E-state index contributed by atoms with van der Waals surface area (Å²) in [5.74, 6) is -12.8. The summed E-state index contributed by atoms with van der Waals surface area (Å²) in [5.41, 5.74) is 12.9. The lowest BCUT2D eigenvalue weighted by atomic mass is 9.43. The number of carbonyl (C=O) groups excluding carboxylic acids is 15. The minimum atomic E-state index is -1.57. The van der Waals surface area contributed by atoms with Gasteiger partial charge in [-0.2, -0.15) is 24.4 Å². The summed E-state index contributed by atoms with van der Waals surface area (Å²) in [7, 11) is 3.22. The molecular formula is C82H129N19O18S2. The van der Waals surface area contributed by atoms with Crippen LogP contribution in [0.25, 0.3) is 10.9 Å². The highest BCUT2D eigenvalue weighted by Crippen LogP contribution is 2.68. The number of para-hydroxylation sites is 1. The highest BCUT2D eigenvalue weighted by molar-refractivity contribution is 7.98. The summed E-state index contributed by atoms with van der Waals surface area (Å²) >= 11 is 5.51. The minimum absolute atomic E-state index is 0.00559. The summed E-state index contributed by atoms with van der Waals surface area (Å²) in [5, 5.41) is 65.2. The number of aromatic amines is 2. The SMILES string of the molecule is CSCC[C@H](NC(=O)[C@H](CC(C)C)NC(=O)[C@H](Cc1c[nH]cn1)NC(=O)CNC(=O)[C@@H](NC(=O)[C@H](C)NC(=O)[C@H](Cc1c[nH]c2ccccc12)NC(=O)[C@H](CCC(N)=O)NC(=O)CNC(=O)[C@H](CS)NC(=O)[C@H](CO)NC(=O)CN(C)C)C(C)C)C(=O)N(CNC(C)=O)C(=O)CC[C@@H](C)[C@H]1CCC2C3C(C[C@H](O)[C@@]21C)[C@@]1(C)CC[C@H](N)C[C@@H]1C[C@H]3O. The number of nitrogens with one attached hydrogen (secondary N) is 14. The Kier molecular flexibility index (Phi) is 37.4. The quantitative estimate of drug-likeness (QED) is 0.0221. The summed E-state index contributed by atoms with van der Waals surface area (Å²) < 4.78 is 0. The van der Waals surface area contributed by atoms with Gasteiger partial charge in [0.05, 0.1) is 50.5 Å². The maximum Gasteiger partial charge on any atom is 0.253 e. The van der Waals surface area contributed by atoms with Crippen LogP contribution in [0.4, 0.5) is 0 Å². The molecule has 3 unspecified atom stereocenters. The Hall–Kier alpha value is -9.28. The summed E-state index contributed by atoms with van der Waals surface area (Å²) in [6.45, 7) is 12.9. The Morgan fingerprint density at radius 3 is 1.89 bits per heavy atom. The second-order valence-electron chi connectivity index (χ2n) is 34.5. The molecule has 2 aromatic heterocycles. The van der Waals surface area contributed by atoms with E-state index >= 15 is 0 Å². The molecule has 672 valence electrons. The Labute approximate surface area is 716 Å². The van der Waals surface area contributed by atoms with Gasteiger partial charge in [0.1, 0.15) is 61.0 Å². The molecular weight excluding hydrogens is 1600 g/mol. The number of nitrogens with zero attached hydrogens (tertiary/aromatic N) is 3. The number of primary amides is 1. The molecule has 4 saturated carbocycles. The number of imide groups is 1. The van der Waals surface area contributed by atoms with E-state index in [-0.39, 0.29) is 97.3 Å². The number of aromatic nitrogens is 3. The summed E-state index contributed by atoms with van der Waals surface area (Å²) in [6.07, 6.45) is 9.70. The first kappa shape index (κ1) is 98.8. The lowest BCUT2D eigenvalue weighted by Crippen LogP contribution is -2.62. The number of aliphatic hydroxyl groups excluding tert-OH is 3. The largest absolute Gasteiger partial charge is 0.394 e. The van der Waals surface area contributed by atoms with E-state index in [0.717, 1.165) is 37.0 Å². The lowest BCUT2D eigenvalue weighted by molar-refractivity contribution is -0.202. The third-order valence-electron chi connectivity index (χ3n) is 24.7. The molecule has 3 aromatic rings. The van der Waals surface area contributed by atoms with Crippen LogP contribution in [-0.2, 0) is 84.8 Å². The molecule has 121 heavy (non-hydrogen) atoms. The van der Waals surface area contributed by atoms with Gasteiger partial charge in [0.2, 0.25) is 82.7 Å². The van der Waals surface area contributed by atoms with Gasteiger partial charge >= 0.3 is 0 Å². The van der Waals surface area contributed by atoms with E-state index in [1.807, 2.05) is 0 Å². The number of hydrogen-bond donors (Lipinski definition) is 20. The van der Waals surface area contributed by atoms with Crippen molar-refractivity contribution in [2.24, 2.45) is 69.6 Å². The summed E-state index contributed by atoms with van der Waals surface area (Å²) in [6, 6.07) is -5.68. The van der Waals surface area contributed by atoms with Gasteiger partial charge in [-0.25, -0.2) is 4.98 Å². The number of imidazole rings is 1. The highest BCUT2D eigenvalue weighted by atomic mass is 32.2. The number of hydrogen-bond acceptors (Lipinski definition) is 23. The van der Waals surface area contributed by atoms with Crippen LogP contribution in [-0.4, -0.2) is 266 Å². The summed E-state index contributed by atoms with van der Waals surface area (Å²) in [4.78, 5) is 219. The van der Waals surface area contributed by atoms with Gasteiger partial charge in [-0.3, -0.25) is 76.8 Å². The fraction of sp³-hybridized carbons (Fsp3) is 0.683. The van der Waals surface area contributed by atoms with Crippen molar-refractivity contribution in [3.63, 3.8) is 0 Å². The molecule has 7 rings (SSSR count). The van der Waals surface area contributed by atoms with E-state index in [4.69, 9.17) is 11.5 Å². The molecule has 15 amide bonds. The highest BCUT2D eigenvalue weighted by Gasteiger charge is 2.66. The van der Waals surface area contributed by atoms with Crippen molar-refractivity contribution in [3.8, 4) is 0 Å². The Bertz CT molecular complexity index is 4120. The number of nitrogens with two attached hydrogens (primary N) is 2. The average molecular weight is 1730 g/mol. The molecule has 0 saturated heterocycles. The Balaban J connectivity index is 0.977. The van der Waals surface area contributed by atoms with Crippen molar-refractivity contribution in [1.82, 2.24) is 88.6 Å². The average Bonchev–Trinajstić information content (AvgIpc) is 1.65. The van der Waals surface area contributed by atoms with Crippen LogP contribution in [0, 0.1) is 58.2 Å². The molecule has 21 N–H and O–H groups in total. The number of rotatable bonds is 45. The van der Waals surface area contributed by atoms with E-state index in [0.29, 0.717) is 47.2 Å². The van der Waals surface area contributed by atoms with Gasteiger partial charge in [-0.05, 0) is 173 Å². The number of fused-ring (bicyclic) bond motifs is 6. The number of carbonyl (C=O) groups is 15. The first-order chi connectivity index (χ1) is 57.1. The maximum absolute atomic E-state index is 14.9. The van der Waals surface area contributed by atoms with Crippen molar-refractivity contribution in [1.29, 1.82) is 0 Å². The van der Waals surface area contributed by atoms with Crippen molar-refractivity contribution in [2.75, 3.05) is 64.8 Å². The van der Waals surface area contributed by atoms with Gasteiger partial charge in [0.15, 0.2) is 0 Å². The first-order valence-electron chi connectivity index (χ1n) is 41.8. The van der Waals surface area contributed by atoms with E-state index in [1.54, 1.807) is 78.5 Å². The third kappa shape index (κ3) is 27.1. The molecule has 4 aliphatic carbocycles. The zero-order chi connectivity index (χ0) is 89.5. The molecule has 0 spiro atoms. The first-order valence-corrected chi connectivity index (χ1v) is 43.8. The van der Waals surface area contributed by atoms with Crippen molar-refractivity contribution < 1.29 is 87.2 Å². The van der Waals surface area contributed by atoms with Crippen LogP contribution in [0.3, 0.4) is 0 Å². The number of H-pyrrole nitrogens is 2. The smallest absolute Gasteiger partial charge is 0.253 e. The molecule has 0 radical (unpaired) electrons. The minimum Gasteiger partial charge on any atom is -0.394 e. The van der Waals surface area contributed by atoms with Gasteiger partial charge in [0.25, 0.3) is 5.91 Å². The van der Waals surface area contributed by atoms with Crippen LogP contribution in [0.1, 0.15) is 157 Å². The number of likely N-dealkylation sites (N-methyl/N-ethyl adjacent to an activating group) is 1. The second kappa shape index (κ2) is 45.7. The van der Waals surface area contributed by atoms with Crippen LogP contribution in [0.2, 0.25) is 0 Å². The molecule has 2 heterocycles. The van der Waals surface area contributed by atoms with E-state index in [9.17, 15) is 87.2 Å². The molecule has 4 fully saturated rings. The van der Waals surface area contributed by atoms with Gasteiger partial charge in [-0.15, -0.1) is 0 Å². The normalized spacial score (nSPS) is 23.5. The van der Waals surface area contributed by atoms with Gasteiger partial charge in [-0.1, -0.05) is 66.7 Å². The number of aliphatic hydroxyl groups is 3.